The Balaban J connectivity index is 1.77. The van der Waals surface area contributed by atoms with E-state index in [4.69, 9.17) is 11.6 Å². The highest BCUT2D eigenvalue weighted by Gasteiger charge is 2.45. The molecule has 2 atom stereocenters. The van der Waals surface area contributed by atoms with Crippen LogP contribution in [-0.4, -0.2) is 25.2 Å². The molecule has 1 aliphatic heterocycles. The maximum absolute atomic E-state index is 12.6. The van der Waals surface area contributed by atoms with Crippen molar-refractivity contribution < 1.29 is 13.2 Å². The molecule has 1 amide bonds. The lowest BCUT2D eigenvalue weighted by atomic mass is 10.2. The van der Waals surface area contributed by atoms with Gasteiger partial charge in [-0.2, -0.15) is 4.31 Å². The second-order valence-corrected chi connectivity index (χ2v) is 7.67. The van der Waals surface area contributed by atoms with Crippen molar-refractivity contribution in [3.05, 3.63) is 59.1 Å². The molecule has 2 aromatic carbocycles. The number of carbonyl (C=O) groups excluding carboxylic acids is 1. The first-order chi connectivity index (χ1) is 10.9. The van der Waals surface area contributed by atoms with E-state index in [2.05, 4.69) is 5.32 Å². The molecule has 1 N–H and O–H groups in total. The van der Waals surface area contributed by atoms with Crippen LogP contribution in [0.4, 0.5) is 5.69 Å². The number of hydrogen-bond donors (Lipinski definition) is 1. The third-order valence-electron chi connectivity index (χ3n) is 3.60. The number of nitrogens with zero attached hydrogens (tertiary/aromatic N) is 1. The molecule has 1 aliphatic rings. The Hall–Kier alpha value is -1.89. The fraction of sp³-hybridized carbons (Fsp3) is 0.188. The maximum atomic E-state index is 12.6. The predicted molar refractivity (Wildman–Crippen MR) is 88.8 cm³/mol. The van der Waals surface area contributed by atoms with Gasteiger partial charge in [0.15, 0.2) is 0 Å². The van der Waals surface area contributed by atoms with Gasteiger partial charge in [0.25, 0.3) is 0 Å². The molecule has 0 aromatic heterocycles. The number of anilines is 1. The van der Waals surface area contributed by atoms with Gasteiger partial charge in [0.05, 0.1) is 10.9 Å². The Morgan fingerprint density at radius 3 is 2.30 bits per heavy atom. The van der Waals surface area contributed by atoms with Gasteiger partial charge >= 0.3 is 0 Å². The van der Waals surface area contributed by atoms with Crippen molar-refractivity contribution in [3.63, 3.8) is 0 Å². The van der Waals surface area contributed by atoms with Crippen molar-refractivity contribution in [1.29, 1.82) is 0 Å². The molecular formula is C16H15ClN2O3S. The second-order valence-electron chi connectivity index (χ2n) is 5.35. The smallest absolute Gasteiger partial charge is 0.243 e. The molecule has 0 spiro atoms. The quantitative estimate of drug-likeness (QED) is 0.862. The molecule has 3 rings (SSSR count). The second kappa shape index (κ2) is 5.96. The summed E-state index contributed by atoms with van der Waals surface area (Å²) in [5.74, 6) is -0.200. The lowest BCUT2D eigenvalue weighted by Crippen LogP contribution is -2.13. The van der Waals surface area contributed by atoms with Crippen LogP contribution < -0.4 is 5.32 Å². The van der Waals surface area contributed by atoms with Crippen molar-refractivity contribution in [3.8, 4) is 0 Å². The summed E-state index contributed by atoms with van der Waals surface area (Å²) in [4.78, 5) is 11.2. The highest BCUT2D eigenvalue weighted by Crippen LogP contribution is 2.40. The minimum Gasteiger partial charge on any atom is -0.326 e. The molecule has 1 saturated heterocycles. The van der Waals surface area contributed by atoms with Crippen molar-refractivity contribution in [2.75, 3.05) is 11.9 Å². The van der Waals surface area contributed by atoms with Crippen LogP contribution in [0.2, 0.25) is 5.02 Å². The monoisotopic (exact) mass is 350 g/mol. The standard InChI is InChI=1S/C16H15ClN2O3S/c1-11(20)18-14-6-8-15(9-7-14)23(21,22)19-10-16(19)12-2-4-13(17)5-3-12/h2-9,16H,10H2,1H3,(H,18,20). The topological polar surface area (TPSA) is 66.2 Å². The highest BCUT2D eigenvalue weighted by molar-refractivity contribution is 7.89. The molecular weight excluding hydrogens is 336 g/mol. The third-order valence-corrected chi connectivity index (χ3v) is 5.74. The van der Waals surface area contributed by atoms with Gasteiger partial charge in [-0.3, -0.25) is 4.79 Å². The Morgan fingerprint density at radius 1 is 1.13 bits per heavy atom. The molecule has 0 radical (unpaired) electrons. The van der Waals surface area contributed by atoms with Gasteiger partial charge in [0.1, 0.15) is 0 Å². The number of benzene rings is 2. The maximum Gasteiger partial charge on any atom is 0.243 e. The molecule has 0 bridgehead atoms. The predicted octanol–water partition coefficient (Wildman–Crippen LogP) is 3.04. The van der Waals surface area contributed by atoms with E-state index in [1.54, 1.807) is 24.3 Å². The molecule has 0 saturated carbocycles. The number of nitrogens with one attached hydrogen (secondary N) is 1. The number of amides is 1. The average molecular weight is 351 g/mol. The third kappa shape index (κ3) is 3.39. The fourth-order valence-corrected chi connectivity index (χ4v) is 4.07. The lowest BCUT2D eigenvalue weighted by molar-refractivity contribution is -0.114. The van der Waals surface area contributed by atoms with E-state index in [1.165, 1.54) is 23.4 Å². The molecule has 7 heteroatoms. The summed E-state index contributed by atoms with van der Waals surface area (Å²) in [5.41, 5.74) is 1.49. The van der Waals surface area contributed by atoms with Gasteiger partial charge in [0, 0.05) is 24.2 Å². The van der Waals surface area contributed by atoms with Crippen LogP contribution in [0, 0.1) is 0 Å². The minimum atomic E-state index is -3.53. The van der Waals surface area contributed by atoms with Gasteiger partial charge in [-0.15, -0.1) is 0 Å². The van der Waals surface area contributed by atoms with E-state index in [0.29, 0.717) is 17.3 Å². The summed E-state index contributed by atoms with van der Waals surface area (Å²) in [6.45, 7) is 1.86. The van der Waals surface area contributed by atoms with Crippen LogP contribution in [-0.2, 0) is 14.8 Å². The first kappa shape index (κ1) is 16.0. The van der Waals surface area contributed by atoms with Crippen LogP contribution in [0.1, 0.15) is 18.5 Å². The number of rotatable bonds is 4. The van der Waals surface area contributed by atoms with Gasteiger partial charge in [-0.05, 0) is 42.0 Å². The first-order valence-corrected chi connectivity index (χ1v) is 8.85. The Kier molecular flexibility index (Phi) is 4.14. The Bertz CT molecular complexity index is 833. The largest absolute Gasteiger partial charge is 0.326 e. The SMILES string of the molecule is CC(=O)Nc1ccc(S(=O)(=O)N2CC2c2ccc(Cl)cc2)cc1. The van der Waals surface area contributed by atoms with E-state index in [9.17, 15) is 13.2 Å². The van der Waals surface area contributed by atoms with Crippen LogP contribution in [0.3, 0.4) is 0 Å². The zero-order valence-corrected chi connectivity index (χ0v) is 13.9. The zero-order chi connectivity index (χ0) is 16.6. The average Bonchev–Trinajstić information content (AvgIpc) is 3.29. The lowest BCUT2D eigenvalue weighted by Gasteiger charge is -2.08. The van der Waals surface area contributed by atoms with E-state index < -0.39 is 10.0 Å². The Labute approximate surface area is 139 Å². The van der Waals surface area contributed by atoms with E-state index >= 15 is 0 Å². The summed E-state index contributed by atoms with van der Waals surface area (Å²) in [6, 6.07) is 13.2. The molecule has 5 nitrogen and oxygen atoms in total. The molecule has 2 aromatic rings. The summed E-state index contributed by atoms with van der Waals surface area (Å²) in [6.07, 6.45) is 0. The van der Waals surface area contributed by atoms with Crippen molar-refractivity contribution in [2.24, 2.45) is 0 Å². The summed E-state index contributed by atoms with van der Waals surface area (Å²) in [7, 11) is -3.53. The normalized spacial score (nSPS) is 20.1. The zero-order valence-electron chi connectivity index (χ0n) is 12.4. The van der Waals surface area contributed by atoms with Crippen molar-refractivity contribution in [2.45, 2.75) is 17.9 Å². The molecule has 23 heavy (non-hydrogen) atoms. The van der Waals surface area contributed by atoms with Crippen LogP contribution >= 0.6 is 11.6 Å². The van der Waals surface area contributed by atoms with E-state index in [-0.39, 0.29) is 16.8 Å². The van der Waals surface area contributed by atoms with Crippen LogP contribution in [0.25, 0.3) is 0 Å². The number of carbonyl (C=O) groups is 1. The van der Waals surface area contributed by atoms with Gasteiger partial charge in [0.2, 0.25) is 15.9 Å². The van der Waals surface area contributed by atoms with Crippen molar-refractivity contribution in [1.82, 2.24) is 4.31 Å². The number of halogens is 1. The highest BCUT2D eigenvalue weighted by atomic mass is 35.5. The Morgan fingerprint density at radius 2 is 1.74 bits per heavy atom. The first-order valence-electron chi connectivity index (χ1n) is 7.03. The van der Waals surface area contributed by atoms with Gasteiger partial charge in [-0.1, -0.05) is 23.7 Å². The fourth-order valence-electron chi connectivity index (χ4n) is 2.39. The van der Waals surface area contributed by atoms with Crippen LogP contribution in [0.15, 0.2) is 53.4 Å². The summed E-state index contributed by atoms with van der Waals surface area (Å²) < 4.78 is 26.6. The van der Waals surface area contributed by atoms with E-state index in [1.807, 2.05) is 12.1 Å². The van der Waals surface area contributed by atoms with Crippen LogP contribution in [0.5, 0.6) is 0 Å². The van der Waals surface area contributed by atoms with Crippen molar-refractivity contribution >= 4 is 33.2 Å². The number of hydrogen-bond acceptors (Lipinski definition) is 3. The van der Waals surface area contributed by atoms with Gasteiger partial charge < -0.3 is 5.32 Å². The molecule has 0 aliphatic carbocycles. The summed E-state index contributed by atoms with van der Waals surface area (Å²) >= 11 is 5.85. The van der Waals surface area contributed by atoms with Gasteiger partial charge in [-0.25, -0.2) is 8.42 Å². The number of sulfonamides is 1. The summed E-state index contributed by atoms with van der Waals surface area (Å²) in [5, 5.41) is 3.23. The molecule has 120 valence electrons. The molecule has 2 unspecified atom stereocenters. The molecule has 1 fully saturated rings. The molecule has 1 heterocycles. The van der Waals surface area contributed by atoms with E-state index in [0.717, 1.165) is 5.56 Å². The minimum absolute atomic E-state index is 0.146.